The summed E-state index contributed by atoms with van der Waals surface area (Å²) in [6.07, 6.45) is 1.01. The van der Waals surface area contributed by atoms with Crippen LogP contribution in [0.4, 0.5) is 18.9 Å². The lowest BCUT2D eigenvalue weighted by atomic mass is 9.96. The summed E-state index contributed by atoms with van der Waals surface area (Å²) < 4.78 is 39.2. The molecule has 1 aliphatic heterocycles. The van der Waals surface area contributed by atoms with Crippen molar-refractivity contribution in [1.82, 2.24) is 4.90 Å². The summed E-state index contributed by atoms with van der Waals surface area (Å²) in [6, 6.07) is 15.1. The third kappa shape index (κ3) is 5.72. The van der Waals surface area contributed by atoms with E-state index in [1.54, 1.807) is 16.7 Å². The van der Waals surface area contributed by atoms with Crippen LogP contribution in [0, 0.1) is 0 Å². The van der Waals surface area contributed by atoms with E-state index in [4.69, 9.17) is 4.99 Å². The Bertz CT molecular complexity index is 973. The van der Waals surface area contributed by atoms with Gasteiger partial charge in [0, 0.05) is 24.9 Å². The summed E-state index contributed by atoms with van der Waals surface area (Å²) in [7, 11) is 0. The van der Waals surface area contributed by atoms with Gasteiger partial charge >= 0.3 is 6.18 Å². The Kier molecular flexibility index (Phi) is 7.32. The third-order valence-electron chi connectivity index (χ3n) is 6.14. The third-order valence-corrected chi connectivity index (χ3v) is 7.20. The molecule has 2 aromatic carbocycles. The van der Waals surface area contributed by atoms with Gasteiger partial charge in [-0.05, 0) is 42.7 Å². The van der Waals surface area contributed by atoms with Gasteiger partial charge in [0.1, 0.15) is 6.17 Å². The maximum atomic E-state index is 13.1. The normalized spacial score (nSPS) is 20.9. The van der Waals surface area contributed by atoms with E-state index in [0.29, 0.717) is 18.0 Å². The minimum Gasteiger partial charge on any atom is -0.325 e. The van der Waals surface area contributed by atoms with E-state index in [-0.39, 0.29) is 18.1 Å². The quantitative estimate of drug-likeness (QED) is 0.508. The molecule has 1 unspecified atom stereocenters. The molecule has 1 saturated heterocycles. The number of benzene rings is 2. The summed E-state index contributed by atoms with van der Waals surface area (Å²) in [6.45, 7) is 2.04. The summed E-state index contributed by atoms with van der Waals surface area (Å²) in [4.78, 5) is 21.5. The van der Waals surface area contributed by atoms with Crippen LogP contribution in [0.3, 0.4) is 0 Å². The van der Waals surface area contributed by atoms with Gasteiger partial charge in [-0.25, -0.2) is 0 Å². The largest absolute Gasteiger partial charge is 0.416 e. The van der Waals surface area contributed by atoms with Crippen molar-refractivity contribution in [3.63, 3.8) is 0 Å². The molecule has 1 atom stereocenters. The molecule has 2 aromatic rings. The second-order valence-electron chi connectivity index (χ2n) is 8.54. The number of thioether (sulfide) groups is 1. The first-order valence-electron chi connectivity index (χ1n) is 11.3. The van der Waals surface area contributed by atoms with Gasteiger partial charge in [0.2, 0.25) is 5.91 Å². The number of halogens is 3. The maximum Gasteiger partial charge on any atom is 0.416 e. The lowest BCUT2D eigenvalue weighted by Crippen LogP contribution is -2.49. The standard InChI is InChI=1S/C25H28F3N3OS/c1-18(32)31(22-14-12-20(13-15-22)25(26,27)28)23-17-33-24(29-21-10-6-3-7-11-21)30(23)16-19-8-4-2-5-9-19/h2,4-5,8-9,12-15,21,23H,3,6-7,10-11,16-17H2,1H3. The molecule has 176 valence electrons. The first-order chi connectivity index (χ1) is 15.8. The minimum atomic E-state index is -4.41. The van der Waals surface area contributed by atoms with Crippen molar-refractivity contribution in [2.24, 2.45) is 4.99 Å². The molecule has 0 bridgehead atoms. The van der Waals surface area contributed by atoms with Crippen LogP contribution < -0.4 is 4.90 Å². The van der Waals surface area contributed by atoms with Crippen LogP contribution in [0.1, 0.15) is 50.2 Å². The number of carbonyl (C=O) groups excluding carboxylic acids is 1. The molecule has 1 aliphatic carbocycles. The van der Waals surface area contributed by atoms with Gasteiger partial charge in [0.05, 0.1) is 11.6 Å². The molecule has 1 amide bonds. The van der Waals surface area contributed by atoms with E-state index in [1.807, 2.05) is 30.3 Å². The summed E-state index contributed by atoms with van der Waals surface area (Å²) in [5, 5.41) is 0.911. The summed E-state index contributed by atoms with van der Waals surface area (Å²) in [5.74, 6) is 0.399. The second kappa shape index (κ2) is 10.2. The molecule has 1 heterocycles. The lowest BCUT2D eigenvalue weighted by Gasteiger charge is -2.35. The number of hydrogen-bond donors (Lipinski definition) is 0. The van der Waals surface area contributed by atoms with E-state index < -0.39 is 11.7 Å². The number of alkyl halides is 3. The number of rotatable bonds is 5. The number of anilines is 1. The van der Waals surface area contributed by atoms with Gasteiger partial charge < -0.3 is 4.90 Å². The molecule has 8 heteroatoms. The molecule has 0 N–H and O–H groups in total. The Hall–Kier alpha value is -2.48. The highest BCUT2D eigenvalue weighted by molar-refractivity contribution is 8.14. The molecule has 2 fully saturated rings. The zero-order valence-electron chi connectivity index (χ0n) is 18.6. The van der Waals surface area contributed by atoms with Crippen molar-refractivity contribution < 1.29 is 18.0 Å². The number of amidine groups is 1. The lowest BCUT2D eigenvalue weighted by molar-refractivity contribution is -0.137. The van der Waals surface area contributed by atoms with E-state index in [2.05, 4.69) is 4.90 Å². The predicted octanol–water partition coefficient (Wildman–Crippen LogP) is 6.32. The van der Waals surface area contributed by atoms with Crippen molar-refractivity contribution in [3.05, 3.63) is 65.7 Å². The van der Waals surface area contributed by atoms with Crippen LogP contribution in [0.2, 0.25) is 0 Å². The smallest absolute Gasteiger partial charge is 0.325 e. The van der Waals surface area contributed by atoms with Crippen LogP contribution in [-0.4, -0.2) is 33.9 Å². The molecular weight excluding hydrogens is 447 g/mol. The van der Waals surface area contributed by atoms with Crippen LogP contribution in [0.5, 0.6) is 0 Å². The van der Waals surface area contributed by atoms with E-state index in [9.17, 15) is 18.0 Å². The molecule has 4 rings (SSSR count). The number of aliphatic imine (C=N–C) groups is 1. The first kappa shape index (κ1) is 23.7. The van der Waals surface area contributed by atoms with Crippen LogP contribution in [-0.2, 0) is 17.5 Å². The predicted molar refractivity (Wildman–Crippen MR) is 127 cm³/mol. The number of carbonyl (C=O) groups is 1. The maximum absolute atomic E-state index is 13.1. The Morgan fingerprint density at radius 1 is 1.06 bits per heavy atom. The zero-order chi connectivity index (χ0) is 23.4. The molecular formula is C25H28F3N3OS. The van der Waals surface area contributed by atoms with Gasteiger partial charge in [-0.15, -0.1) is 0 Å². The Balaban J connectivity index is 1.65. The number of nitrogens with zero attached hydrogens (tertiary/aromatic N) is 3. The molecule has 0 radical (unpaired) electrons. The van der Waals surface area contributed by atoms with Gasteiger partial charge in [0.15, 0.2) is 5.17 Å². The van der Waals surface area contributed by atoms with Crippen molar-refractivity contribution in [3.8, 4) is 0 Å². The summed E-state index contributed by atoms with van der Waals surface area (Å²) >= 11 is 1.62. The van der Waals surface area contributed by atoms with Crippen molar-refractivity contribution in [1.29, 1.82) is 0 Å². The topological polar surface area (TPSA) is 35.9 Å². The minimum absolute atomic E-state index is 0.211. The van der Waals surface area contributed by atoms with E-state index in [0.717, 1.165) is 35.7 Å². The van der Waals surface area contributed by atoms with Crippen LogP contribution in [0.25, 0.3) is 0 Å². The van der Waals surface area contributed by atoms with E-state index >= 15 is 0 Å². The van der Waals surface area contributed by atoms with Crippen LogP contribution >= 0.6 is 11.8 Å². The second-order valence-corrected chi connectivity index (χ2v) is 9.53. The van der Waals surface area contributed by atoms with Crippen molar-refractivity contribution >= 4 is 28.5 Å². The molecule has 0 aromatic heterocycles. The van der Waals surface area contributed by atoms with E-state index in [1.165, 1.54) is 38.3 Å². The van der Waals surface area contributed by atoms with Crippen LogP contribution in [0.15, 0.2) is 59.6 Å². The Morgan fingerprint density at radius 3 is 2.33 bits per heavy atom. The first-order valence-corrected chi connectivity index (χ1v) is 12.3. The van der Waals surface area contributed by atoms with Crippen molar-refractivity contribution in [2.75, 3.05) is 10.7 Å². The highest BCUT2D eigenvalue weighted by Crippen LogP contribution is 2.35. The van der Waals surface area contributed by atoms with Gasteiger partial charge in [-0.3, -0.25) is 14.7 Å². The average Bonchev–Trinajstić information content (AvgIpc) is 3.16. The Morgan fingerprint density at radius 2 is 1.73 bits per heavy atom. The fourth-order valence-corrected chi connectivity index (χ4v) is 5.67. The summed E-state index contributed by atoms with van der Waals surface area (Å²) in [5.41, 5.74) is 0.826. The zero-order valence-corrected chi connectivity index (χ0v) is 19.4. The SMILES string of the molecule is CC(=O)N(c1ccc(C(F)(F)F)cc1)C1CSC(=NC2CCCCC2)N1Cc1ccccc1. The monoisotopic (exact) mass is 475 g/mol. The van der Waals surface area contributed by atoms with Gasteiger partial charge in [-0.1, -0.05) is 61.4 Å². The highest BCUT2D eigenvalue weighted by Gasteiger charge is 2.38. The molecule has 0 spiro atoms. The Labute approximate surface area is 196 Å². The fraction of sp³-hybridized carbons (Fsp3) is 0.440. The van der Waals surface area contributed by atoms with Gasteiger partial charge in [0.25, 0.3) is 0 Å². The molecule has 33 heavy (non-hydrogen) atoms. The van der Waals surface area contributed by atoms with Gasteiger partial charge in [-0.2, -0.15) is 13.2 Å². The number of hydrogen-bond acceptors (Lipinski definition) is 3. The molecule has 2 aliphatic rings. The fourth-order valence-electron chi connectivity index (χ4n) is 4.47. The average molecular weight is 476 g/mol. The van der Waals surface area contributed by atoms with Crippen molar-refractivity contribution in [2.45, 2.75) is 64.0 Å². The molecule has 4 nitrogen and oxygen atoms in total. The highest BCUT2D eigenvalue weighted by atomic mass is 32.2. The number of amides is 1. The molecule has 1 saturated carbocycles.